The van der Waals surface area contributed by atoms with Crippen molar-refractivity contribution < 1.29 is 10.1 Å². The van der Waals surface area contributed by atoms with Crippen molar-refractivity contribution in [2.45, 2.75) is 38.1 Å². The lowest BCUT2D eigenvalue weighted by molar-refractivity contribution is -0.688. The van der Waals surface area contributed by atoms with Gasteiger partial charge < -0.3 is 10.1 Å². The number of ether oxygens (including phenoxy) is 1. The van der Waals surface area contributed by atoms with Gasteiger partial charge in [-0.3, -0.25) is 0 Å². The van der Waals surface area contributed by atoms with E-state index in [0.717, 1.165) is 31.4 Å². The van der Waals surface area contributed by atoms with Crippen LogP contribution in [0.3, 0.4) is 0 Å². The molecule has 0 radical (unpaired) electrons. The minimum atomic E-state index is 0.800. The van der Waals surface area contributed by atoms with Crippen LogP contribution in [0.2, 0.25) is 0 Å². The van der Waals surface area contributed by atoms with Crippen molar-refractivity contribution in [2.24, 2.45) is 0 Å². The SMILES string of the molecule is c1ccc(Cc2ccc(OCC[NH2+]C3CCCC3)cc2)cc1. The van der Waals surface area contributed by atoms with E-state index in [1.54, 1.807) is 0 Å². The highest BCUT2D eigenvalue weighted by Crippen LogP contribution is 2.16. The van der Waals surface area contributed by atoms with Crippen molar-refractivity contribution in [3.05, 3.63) is 65.7 Å². The van der Waals surface area contributed by atoms with Gasteiger partial charge in [0, 0.05) is 0 Å². The molecule has 2 nitrogen and oxygen atoms in total. The third-order valence-electron chi connectivity index (χ3n) is 4.46. The highest BCUT2D eigenvalue weighted by Gasteiger charge is 2.16. The third kappa shape index (κ3) is 4.60. The van der Waals surface area contributed by atoms with Crippen LogP contribution in [-0.2, 0) is 6.42 Å². The van der Waals surface area contributed by atoms with E-state index in [-0.39, 0.29) is 0 Å². The Morgan fingerprint density at radius 3 is 2.27 bits per heavy atom. The van der Waals surface area contributed by atoms with Crippen molar-refractivity contribution in [3.63, 3.8) is 0 Å². The first kappa shape index (κ1) is 15.1. The fraction of sp³-hybridized carbons (Fsp3) is 0.400. The lowest BCUT2D eigenvalue weighted by atomic mass is 10.1. The molecular weight excluding hydrogens is 270 g/mol. The Bertz CT molecular complexity index is 544. The van der Waals surface area contributed by atoms with Crippen LogP contribution in [0.25, 0.3) is 0 Å². The zero-order chi connectivity index (χ0) is 15.0. The van der Waals surface area contributed by atoms with Gasteiger partial charge in [0.25, 0.3) is 0 Å². The number of hydrogen-bond donors (Lipinski definition) is 1. The van der Waals surface area contributed by atoms with E-state index in [1.807, 2.05) is 0 Å². The van der Waals surface area contributed by atoms with Crippen LogP contribution < -0.4 is 10.1 Å². The summed E-state index contributed by atoms with van der Waals surface area (Å²) in [4.78, 5) is 0. The molecule has 22 heavy (non-hydrogen) atoms. The monoisotopic (exact) mass is 296 g/mol. The van der Waals surface area contributed by atoms with Gasteiger partial charge in [0.15, 0.2) is 0 Å². The zero-order valence-corrected chi connectivity index (χ0v) is 13.2. The zero-order valence-electron chi connectivity index (χ0n) is 13.2. The second kappa shape index (κ2) is 8.00. The van der Waals surface area contributed by atoms with Gasteiger partial charge in [-0.1, -0.05) is 42.5 Å². The molecular formula is C20H26NO+. The minimum Gasteiger partial charge on any atom is -0.488 e. The first-order chi connectivity index (χ1) is 10.9. The molecule has 116 valence electrons. The molecule has 0 heterocycles. The van der Waals surface area contributed by atoms with E-state index in [9.17, 15) is 0 Å². The van der Waals surface area contributed by atoms with Gasteiger partial charge in [-0.25, -0.2) is 0 Å². The van der Waals surface area contributed by atoms with Gasteiger partial charge >= 0.3 is 0 Å². The first-order valence-corrected chi connectivity index (χ1v) is 8.49. The number of hydrogen-bond acceptors (Lipinski definition) is 1. The normalized spacial score (nSPS) is 15.1. The highest BCUT2D eigenvalue weighted by molar-refractivity contribution is 5.31. The highest BCUT2D eigenvalue weighted by atomic mass is 16.5. The molecule has 2 aromatic rings. The molecule has 0 saturated heterocycles. The average Bonchev–Trinajstić information content (AvgIpc) is 3.07. The molecule has 2 N–H and O–H groups in total. The number of nitrogens with two attached hydrogens (primary N) is 1. The fourth-order valence-corrected chi connectivity index (χ4v) is 3.21. The number of quaternary nitrogens is 1. The van der Waals surface area contributed by atoms with E-state index in [4.69, 9.17) is 4.74 Å². The molecule has 0 unspecified atom stereocenters. The van der Waals surface area contributed by atoms with Gasteiger partial charge in [-0.2, -0.15) is 0 Å². The van der Waals surface area contributed by atoms with Crippen molar-refractivity contribution in [1.29, 1.82) is 0 Å². The summed E-state index contributed by atoms with van der Waals surface area (Å²) >= 11 is 0. The Morgan fingerprint density at radius 2 is 1.55 bits per heavy atom. The Kier molecular flexibility index (Phi) is 5.49. The Labute approximate surface area is 133 Å². The first-order valence-electron chi connectivity index (χ1n) is 8.49. The summed E-state index contributed by atoms with van der Waals surface area (Å²) in [6.45, 7) is 1.87. The molecule has 1 aliphatic carbocycles. The fourth-order valence-electron chi connectivity index (χ4n) is 3.21. The molecule has 0 aromatic heterocycles. The maximum absolute atomic E-state index is 5.84. The molecule has 0 atom stereocenters. The van der Waals surface area contributed by atoms with Crippen molar-refractivity contribution in [3.8, 4) is 5.75 Å². The number of rotatable bonds is 7. The van der Waals surface area contributed by atoms with Gasteiger partial charge in [0.2, 0.25) is 0 Å². The molecule has 0 amide bonds. The van der Waals surface area contributed by atoms with Crippen LogP contribution in [0, 0.1) is 0 Å². The van der Waals surface area contributed by atoms with Crippen molar-refractivity contribution >= 4 is 0 Å². The second-order valence-electron chi connectivity index (χ2n) is 6.22. The quantitative estimate of drug-likeness (QED) is 0.780. The molecule has 3 rings (SSSR count). The Balaban J connectivity index is 1.41. The topological polar surface area (TPSA) is 25.8 Å². The van der Waals surface area contributed by atoms with Crippen LogP contribution in [0.5, 0.6) is 5.75 Å². The summed E-state index contributed by atoms with van der Waals surface area (Å²) < 4.78 is 5.84. The molecule has 0 spiro atoms. The van der Waals surface area contributed by atoms with Gasteiger partial charge in [-0.15, -0.1) is 0 Å². The van der Waals surface area contributed by atoms with Crippen molar-refractivity contribution in [2.75, 3.05) is 13.2 Å². The second-order valence-corrected chi connectivity index (χ2v) is 6.22. The largest absolute Gasteiger partial charge is 0.488 e. The predicted octanol–water partition coefficient (Wildman–Crippen LogP) is 3.16. The standard InChI is InChI=1S/C20H25NO/c1-2-6-17(7-3-1)16-18-10-12-20(13-11-18)22-15-14-21-19-8-4-5-9-19/h1-3,6-7,10-13,19,21H,4-5,8-9,14-16H2/p+1. The molecule has 2 aromatic carbocycles. The third-order valence-corrected chi connectivity index (χ3v) is 4.46. The maximum atomic E-state index is 5.84. The van der Waals surface area contributed by atoms with E-state index in [1.165, 1.54) is 36.8 Å². The predicted molar refractivity (Wildman–Crippen MR) is 90.2 cm³/mol. The smallest absolute Gasteiger partial charge is 0.137 e. The van der Waals surface area contributed by atoms with E-state index >= 15 is 0 Å². The molecule has 0 aliphatic heterocycles. The van der Waals surface area contributed by atoms with Crippen LogP contribution in [-0.4, -0.2) is 19.2 Å². The lowest BCUT2D eigenvalue weighted by Gasteiger charge is -2.10. The minimum absolute atomic E-state index is 0.800. The summed E-state index contributed by atoms with van der Waals surface area (Å²) in [5, 5.41) is 2.46. The van der Waals surface area contributed by atoms with Crippen LogP contribution in [0.4, 0.5) is 0 Å². The molecule has 1 fully saturated rings. The van der Waals surface area contributed by atoms with Gasteiger partial charge in [-0.05, 0) is 55.4 Å². The molecule has 1 saturated carbocycles. The van der Waals surface area contributed by atoms with Gasteiger partial charge in [0.1, 0.15) is 18.9 Å². The summed E-state index contributed by atoms with van der Waals surface area (Å²) in [5.41, 5.74) is 2.68. The summed E-state index contributed by atoms with van der Waals surface area (Å²) in [6.07, 6.45) is 6.56. The molecule has 2 heteroatoms. The van der Waals surface area contributed by atoms with Gasteiger partial charge in [0.05, 0.1) is 6.04 Å². The summed E-state index contributed by atoms with van der Waals surface area (Å²) in [6, 6.07) is 19.9. The molecule has 0 bridgehead atoms. The summed E-state index contributed by atoms with van der Waals surface area (Å²) in [5.74, 6) is 0.983. The average molecular weight is 296 g/mol. The van der Waals surface area contributed by atoms with Crippen LogP contribution >= 0.6 is 0 Å². The number of benzene rings is 2. The lowest BCUT2D eigenvalue weighted by Crippen LogP contribution is -2.90. The molecule has 1 aliphatic rings. The van der Waals surface area contributed by atoms with Crippen LogP contribution in [0.15, 0.2) is 54.6 Å². The van der Waals surface area contributed by atoms with Crippen LogP contribution in [0.1, 0.15) is 36.8 Å². The van der Waals surface area contributed by atoms with E-state index in [2.05, 4.69) is 59.9 Å². The Morgan fingerprint density at radius 1 is 0.864 bits per heavy atom. The Hall–Kier alpha value is -1.80. The van der Waals surface area contributed by atoms with Crippen molar-refractivity contribution in [1.82, 2.24) is 0 Å². The summed E-state index contributed by atoms with van der Waals surface area (Å²) in [7, 11) is 0. The van der Waals surface area contributed by atoms with E-state index in [0.29, 0.717) is 0 Å². The van der Waals surface area contributed by atoms with E-state index < -0.39 is 0 Å². The maximum Gasteiger partial charge on any atom is 0.137 e.